The van der Waals surface area contributed by atoms with Crippen molar-refractivity contribution in [3.05, 3.63) is 66.5 Å². The molecule has 1 fully saturated rings. The average Bonchev–Trinajstić information content (AvgIpc) is 3.17. The van der Waals surface area contributed by atoms with Crippen LogP contribution in [0.15, 0.2) is 60.8 Å². The van der Waals surface area contributed by atoms with Crippen molar-refractivity contribution in [2.24, 2.45) is 0 Å². The van der Waals surface area contributed by atoms with Gasteiger partial charge in [-0.15, -0.1) is 5.10 Å². The Balaban J connectivity index is 1.26. The van der Waals surface area contributed by atoms with E-state index in [9.17, 15) is 0 Å². The first-order chi connectivity index (χ1) is 15.8. The molecule has 0 spiro atoms. The third kappa shape index (κ3) is 4.56. The Kier molecular flexibility index (Phi) is 5.96. The van der Waals surface area contributed by atoms with Gasteiger partial charge in [-0.1, -0.05) is 30.3 Å². The highest BCUT2D eigenvalue weighted by atomic mass is 16.5. The lowest BCUT2D eigenvalue weighted by atomic mass is 10.2. The standard InChI is InChI=1S/C24H26N6O2/c1-18-22-17-25-24(28-30(22)23(26-18)19-5-3-2-4-6-19)27-20-7-9-21(10-8-20)32-16-13-29-11-14-31-15-12-29/h2-10,17H,11-16H2,1H3,(H,27,28). The molecule has 8 nitrogen and oxygen atoms in total. The number of hydrogen-bond acceptors (Lipinski definition) is 7. The molecule has 0 amide bonds. The van der Waals surface area contributed by atoms with Gasteiger partial charge in [-0.05, 0) is 31.2 Å². The van der Waals surface area contributed by atoms with Crippen molar-refractivity contribution in [2.75, 3.05) is 44.8 Å². The maximum absolute atomic E-state index is 5.89. The van der Waals surface area contributed by atoms with E-state index in [1.807, 2.05) is 66.0 Å². The minimum atomic E-state index is 0.507. The molecule has 1 aliphatic rings. The molecule has 1 saturated heterocycles. The number of imidazole rings is 1. The number of anilines is 2. The zero-order valence-corrected chi connectivity index (χ0v) is 18.1. The first kappa shape index (κ1) is 20.4. The molecule has 1 aliphatic heterocycles. The van der Waals surface area contributed by atoms with Crippen LogP contribution in [0.3, 0.4) is 0 Å². The molecular formula is C24H26N6O2. The Morgan fingerprint density at radius 1 is 1.03 bits per heavy atom. The Labute approximate surface area is 186 Å². The van der Waals surface area contributed by atoms with Crippen LogP contribution in [0.5, 0.6) is 5.75 Å². The molecule has 4 aromatic rings. The molecule has 164 valence electrons. The summed E-state index contributed by atoms with van der Waals surface area (Å²) in [7, 11) is 0. The zero-order chi connectivity index (χ0) is 21.8. The van der Waals surface area contributed by atoms with Crippen LogP contribution in [0, 0.1) is 6.92 Å². The molecular weight excluding hydrogens is 404 g/mol. The van der Waals surface area contributed by atoms with Crippen molar-refractivity contribution >= 4 is 17.2 Å². The van der Waals surface area contributed by atoms with E-state index in [0.29, 0.717) is 12.6 Å². The van der Waals surface area contributed by atoms with Gasteiger partial charge in [0.05, 0.1) is 25.1 Å². The fourth-order valence-electron chi connectivity index (χ4n) is 3.74. The molecule has 2 aromatic heterocycles. The van der Waals surface area contributed by atoms with E-state index in [-0.39, 0.29) is 0 Å². The van der Waals surface area contributed by atoms with Crippen molar-refractivity contribution < 1.29 is 9.47 Å². The average molecular weight is 431 g/mol. The highest BCUT2D eigenvalue weighted by Crippen LogP contribution is 2.23. The molecule has 1 N–H and O–H groups in total. The first-order valence-electron chi connectivity index (χ1n) is 10.8. The molecule has 0 atom stereocenters. The summed E-state index contributed by atoms with van der Waals surface area (Å²) in [5.74, 6) is 2.15. The largest absolute Gasteiger partial charge is 0.492 e. The van der Waals surface area contributed by atoms with Crippen molar-refractivity contribution in [1.29, 1.82) is 0 Å². The summed E-state index contributed by atoms with van der Waals surface area (Å²) >= 11 is 0. The van der Waals surface area contributed by atoms with E-state index in [0.717, 1.165) is 66.9 Å². The van der Waals surface area contributed by atoms with Crippen molar-refractivity contribution in [2.45, 2.75) is 6.92 Å². The molecule has 3 heterocycles. The van der Waals surface area contributed by atoms with Crippen LogP contribution >= 0.6 is 0 Å². The van der Waals surface area contributed by atoms with E-state index >= 15 is 0 Å². The number of hydrogen-bond donors (Lipinski definition) is 1. The second-order valence-electron chi connectivity index (χ2n) is 7.72. The second kappa shape index (κ2) is 9.33. The molecule has 0 radical (unpaired) electrons. The zero-order valence-electron chi connectivity index (χ0n) is 18.1. The topological polar surface area (TPSA) is 76.8 Å². The fourth-order valence-corrected chi connectivity index (χ4v) is 3.74. The molecule has 0 saturated carbocycles. The predicted octanol–water partition coefficient (Wildman–Crippen LogP) is 3.55. The summed E-state index contributed by atoms with van der Waals surface area (Å²) in [6.45, 7) is 7.09. The number of ether oxygens (including phenoxy) is 2. The lowest BCUT2D eigenvalue weighted by Crippen LogP contribution is -2.38. The molecule has 8 heteroatoms. The third-order valence-electron chi connectivity index (χ3n) is 5.50. The fraction of sp³-hybridized carbons (Fsp3) is 0.292. The summed E-state index contributed by atoms with van der Waals surface area (Å²) < 4.78 is 13.1. The van der Waals surface area contributed by atoms with E-state index in [4.69, 9.17) is 9.47 Å². The number of morpholine rings is 1. The predicted molar refractivity (Wildman–Crippen MR) is 123 cm³/mol. The quantitative estimate of drug-likeness (QED) is 0.480. The van der Waals surface area contributed by atoms with Gasteiger partial charge in [-0.2, -0.15) is 0 Å². The Morgan fingerprint density at radius 2 is 1.81 bits per heavy atom. The number of rotatable bonds is 7. The smallest absolute Gasteiger partial charge is 0.245 e. The van der Waals surface area contributed by atoms with Gasteiger partial charge >= 0.3 is 0 Å². The van der Waals surface area contributed by atoms with Gasteiger partial charge in [0.25, 0.3) is 0 Å². The van der Waals surface area contributed by atoms with Crippen LogP contribution < -0.4 is 10.1 Å². The van der Waals surface area contributed by atoms with E-state index < -0.39 is 0 Å². The molecule has 2 aromatic carbocycles. The molecule has 0 bridgehead atoms. The second-order valence-corrected chi connectivity index (χ2v) is 7.72. The monoisotopic (exact) mass is 430 g/mol. The van der Waals surface area contributed by atoms with Crippen molar-refractivity contribution in [3.63, 3.8) is 0 Å². The highest BCUT2D eigenvalue weighted by Gasteiger charge is 2.13. The van der Waals surface area contributed by atoms with Gasteiger partial charge in [-0.25, -0.2) is 14.5 Å². The Hall–Kier alpha value is -3.49. The lowest BCUT2D eigenvalue weighted by molar-refractivity contribution is 0.0322. The van der Waals surface area contributed by atoms with Crippen LogP contribution in [0.4, 0.5) is 11.6 Å². The van der Waals surface area contributed by atoms with Gasteiger partial charge in [0.2, 0.25) is 5.95 Å². The van der Waals surface area contributed by atoms with Gasteiger partial charge in [0.15, 0.2) is 5.82 Å². The van der Waals surface area contributed by atoms with Gasteiger partial charge < -0.3 is 14.8 Å². The summed E-state index contributed by atoms with van der Waals surface area (Å²) in [5.41, 5.74) is 3.69. The van der Waals surface area contributed by atoms with Crippen LogP contribution in [-0.2, 0) is 4.74 Å². The van der Waals surface area contributed by atoms with Gasteiger partial charge in [0.1, 0.15) is 17.9 Å². The van der Waals surface area contributed by atoms with Crippen molar-refractivity contribution in [3.8, 4) is 17.1 Å². The van der Waals surface area contributed by atoms with Crippen molar-refractivity contribution in [1.82, 2.24) is 24.5 Å². The molecule has 5 rings (SSSR count). The Bertz CT molecular complexity index is 1170. The number of aromatic nitrogens is 4. The molecule has 32 heavy (non-hydrogen) atoms. The van der Waals surface area contributed by atoms with Crippen LogP contribution in [0.1, 0.15) is 5.69 Å². The van der Waals surface area contributed by atoms with E-state index in [1.165, 1.54) is 0 Å². The maximum Gasteiger partial charge on any atom is 0.245 e. The van der Waals surface area contributed by atoms with Crippen LogP contribution in [0.2, 0.25) is 0 Å². The summed E-state index contributed by atoms with van der Waals surface area (Å²) in [6, 6.07) is 17.9. The van der Waals surface area contributed by atoms with Gasteiger partial charge in [-0.3, -0.25) is 4.90 Å². The summed E-state index contributed by atoms with van der Waals surface area (Å²) in [4.78, 5) is 11.5. The highest BCUT2D eigenvalue weighted by molar-refractivity contribution is 5.64. The molecule has 0 unspecified atom stereocenters. The normalized spacial score (nSPS) is 14.5. The van der Waals surface area contributed by atoms with Crippen LogP contribution in [-0.4, -0.2) is 63.9 Å². The SMILES string of the molecule is Cc1nc(-c2ccccc2)n2nc(Nc3ccc(OCCN4CCOCC4)cc3)ncc12. The van der Waals surface area contributed by atoms with E-state index in [2.05, 4.69) is 25.3 Å². The number of benzene rings is 2. The van der Waals surface area contributed by atoms with E-state index in [1.54, 1.807) is 6.20 Å². The summed E-state index contributed by atoms with van der Waals surface area (Å²) in [5, 5.41) is 7.95. The minimum Gasteiger partial charge on any atom is -0.492 e. The minimum absolute atomic E-state index is 0.507. The third-order valence-corrected chi connectivity index (χ3v) is 5.50. The van der Waals surface area contributed by atoms with Gasteiger partial charge in [0, 0.05) is 30.9 Å². The first-order valence-corrected chi connectivity index (χ1v) is 10.8. The maximum atomic E-state index is 5.89. The lowest BCUT2D eigenvalue weighted by Gasteiger charge is -2.26. The summed E-state index contributed by atoms with van der Waals surface area (Å²) in [6.07, 6.45) is 1.80. The number of aryl methyl sites for hydroxylation is 1. The number of nitrogens with one attached hydrogen (secondary N) is 1. The van der Waals surface area contributed by atoms with Crippen LogP contribution in [0.25, 0.3) is 16.9 Å². The Morgan fingerprint density at radius 3 is 2.59 bits per heavy atom. The molecule has 0 aliphatic carbocycles. The number of nitrogens with zero attached hydrogens (tertiary/aromatic N) is 5. The number of fused-ring (bicyclic) bond motifs is 1.